The van der Waals surface area contributed by atoms with Crippen LogP contribution < -0.4 is 14.4 Å². The van der Waals surface area contributed by atoms with E-state index < -0.39 is 5.91 Å². The van der Waals surface area contributed by atoms with E-state index in [1.54, 1.807) is 36.4 Å². The summed E-state index contributed by atoms with van der Waals surface area (Å²) in [6, 6.07) is 10.5. The number of anilines is 1. The third kappa shape index (κ3) is 4.31. The average molecular weight is 530 g/mol. The molecule has 5 nitrogen and oxygen atoms in total. The maximum absolute atomic E-state index is 12.8. The van der Waals surface area contributed by atoms with E-state index in [4.69, 9.17) is 21.1 Å². The standard InChI is InChI=1S/C20H17ClINO4S/c1-3-26-16-10-12(9-14(22)18(16)27-4-2)11-17-19(24)23(20(25)28-17)15-8-6-5-7-13(15)21/h5-11H,3-4H2,1-2H3/b17-11-. The highest BCUT2D eigenvalue weighted by atomic mass is 127. The zero-order valence-corrected chi connectivity index (χ0v) is 18.9. The number of carbonyl (C=O) groups excluding carboxylic acids is 2. The summed E-state index contributed by atoms with van der Waals surface area (Å²) >= 11 is 9.21. The van der Waals surface area contributed by atoms with Crippen LogP contribution in [0.15, 0.2) is 41.3 Å². The Balaban J connectivity index is 1.97. The van der Waals surface area contributed by atoms with Crippen LogP contribution in [0.4, 0.5) is 10.5 Å². The number of amides is 2. The number of hydrogen-bond acceptors (Lipinski definition) is 5. The Morgan fingerprint density at radius 1 is 1.14 bits per heavy atom. The van der Waals surface area contributed by atoms with Gasteiger partial charge >= 0.3 is 0 Å². The van der Waals surface area contributed by atoms with Gasteiger partial charge in [-0.05, 0) is 84.1 Å². The second kappa shape index (κ2) is 9.19. The maximum Gasteiger partial charge on any atom is 0.298 e. The Morgan fingerprint density at radius 2 is 1.86 bits per heavy atom. The topological polar surface area (TPSA) is 55.8 Å². The lowest BCUT2D eigenvalue weighted by Crippen LogP contribution is -2.27. The molecule has 28 heavy (non-hydrogen) atoms. The molecule has 0 bridgehead atoms. The van der Waals surface area contributed by atoms with Crippen molar-refractivity contribution < 1.29 is 19.1 Å². The molecular formula is C20H17ClINO4S. The van der Waals surface area contributed by atoms with Crippen LogP contribution >= 0.6 is 46.0 Å². The molecule has 2 amide bonds. The molecule has 0 radical (unpaired) electrons. The molecule has 8 heteroatoms. The summed E-state index contributed by atoms with van der Waals surface area (Å²) in [5.41, 5.74) is 1.13. The van der Waals surface area contributed by atoms with E-state index in [-0.39, 0.29) is 5.24 Å². The van der Waals surface area contributed by atoms with Crippen LogP contribution in [-0.4, -0.2) is 24.4 Å². The third-order valence-electron chi connectivity index (χ3n) is 3.81. The molecule has 2 aromatic carbocycles. The van der Waals surface area contributed by atoms with Crippen molar-refractivity contribution in [3.05, 3.63) is 55.5 Å². The molecule has 0 aliphatic carbocycles. The average Bonchev–Trinajstić information content (AvgIpc) is 2.92. The SMILES string of the molecule is CCOc1cc(/C=C2\SC(=O)N(c3ccccc3Cl)C2=O)cc(I)c1OCC. The molecule has 1 aliphatic rings. The molecule has 0 atom stereocenters. The molecule has 2 aromatic rings. The first-order valence-corrected chi connectivity index (χ1v) is 10.8. The number of rotatable bonds is 6. The van der Waals surface area contributed by atoms with Crippen LogP contribution in [0.5, 0.6) is 11.5 Å². The number of imide groups is 1. The number of halogens is 2. The van der Waals surface area contributed by atoms with E-state index in [0.29, 0.717) is 40.3 Å². The first-order chi connectivity index (χ1) is 13.5. The Bertz CT molecular complexity index is 963. The Morgan fingerprint density at radius 3 is 2.54 bits per heavy atom. The van der Waals surface area contributed by atoms with Crippen molar-refractivity contribution in [2.24, 2.45) is 0 Å². The van der Waals surface area contributed by atoms with E-state index in [1.807, 2.05) is 19.9 Å². The number of ether oxygens (including phenoxy) is 2. The van der Waals surface area contributed by atoms with Gasteiger partial charge < -0.3 is 9.47 Å². The van der Waals surface area contributed by atoms with Gasteiger partial charge in [-0.2, -0.15) is 0 Å². The molecule has 3 rings (SSSR count). The summed E-state index contributed by atoms with van der Waals surface area (Å²) in [6.45, 7) is 4.81. The van der Waals surface area contributed by atoms with E-state index in [1.165, 1.54) is 0 Å². The number of nitrogens with zero attached hydrogens (tertiary/aromatic N) is 1. The summed E-state index contributed by atoms with van der Waals surface area (Å²) in [4.78, 5) is 26.7. The summed E-state index contributed by atoms with van der Waals surface area (Å²) in [5, 5.41) is -0.0321. The van der Waals surface area contributed by atoms with Gasteiger partial charge in [0.2, 0.25) is 0 Å². The molecule has 0 saturated carbocycles. The van der Waals surface area contributed by atoms with Crippen molar-refractivity contribution in [3.8, 4) is 11.5 Å². The molecule has 1 aliphatic heterocycles. The van der Waals surface area contributed by atoms with Crippen LogP contribution in [0.3, 0.4) is 0 Å². The van der Waals surface area contributed by atoms with Gasteiger partial charge in [-0.3, -0.25) is 9.59 Å². The summed E-state index contributed by atoms with van der Waals surface area (Å²) in [5.74, 6) is 0.879. The fraction of sp³-hybridized carbons (Fsp3) is 0.200. The predicted molar refractivity (Wildman–Crippen MR) is 121 cm³/mol. The van der Waals surface area contributed by atoms with Gasteiger partial charge in [-0.15, -0.1) is 0 Å². The molecule has 0 spiro atoms. The van der Waals surface area contributed by atoms with E-state index in [2.05, 4.69) is 22.6 Å². The van der Waals surface area contributed by atoms with Crippen molar-refractivity contribution in [3.63, 3.8) is 0 Å². The number of para-hydroxylation sites is 1. The quantitative estimate of drug-likeness (QED) is 0.340. The highest BCUT2D eigenvalue weighted by Crippen LogP contribution is 2.40. The molecular weight excluding hydrogens is 513 g/mol. The minimum atomic E-state index is -0.398. The third-order valence-corrected chi connectivity index (χ3v) is 5.80. The number of thioether (sulfide) groups is 1. The van der Waals surface area contributed by atoms with E-state index >= 15 is 0 Å². The minimum absolute atomic E-state index is 0.326. The number of benzene rings is 2. The van der Waals surface area contributed by atoms with Gasteiger partial charge in [-0.1, -0.05) is 23.7 Å². The predicted octanol–water partition coefficient (Wildman–Crippen LogP) is 5.98. The summed E-state index contributed by atoms with van der Waals surface area (Å²) in [7, 11) is 0. The fourth-order valence-corrected chi connectivity index (χ4v) is 4.51. The van der Waals surface area contributed by atoms with E-state index in [9.17, 15) is 9.59 Å². The molecule has 1 fully saturated rings. The van der Waals surface area contributed by atoms with Gasteiger partial charge in [0.1, 0.15) is 0 Å². The van der Waals surface area contributed by atoms with Gasteiger partial charge in [0.25, 0.3) is 11.1 Å². The molecule has 0 N–H and O–H groups in total. The molecule has 0 aromatic heterocycles. The van der Waals surface area contributed by atoms with Crippen LogP contribution in [0.2, 0.25) is 5.02 Å². The Kier molecular flexibility index (Phi) is 6.90. The Labute approximate surface area is 186 Å². The summed E-state index contributed by atoms with van der Waals surface area (Å²) < 4.78 is 12.2. The first-order valence-electron chi connectivity index (χ1n) is 8.57. The molecule has 146 valence electrons. The van der Waals surface area contributed by atoms with Gasteiger partial charge in [0.05, 0.1) is 32.4 Å². The van der Waals surface area contributed by atoms with Crippen molar-refractivity contribution in [2.75, 3.05) is 18.1 Å². The number of carbonyl (C=O) groups is 2. The maximum atomic E-state index is 12.8. The lowest BCUT2D eigenvalue weighted by molar-refractivity contribution is -0.113. The first kappa shape index (κ1) is 21.0. The highest BCUT2D eigenvalue weighted by Gasteiger charge is 2.37. The molecule has 1 heterocycles. The minimum Gasteiger partial charge on any atom is -0.490 e. The zero-order valence-electron chi connectivity index (χ0n) is 15.2. The molecule has 0 unspecified atom stereocenters. The molecule has 1 saturated heterocycles. The Hall–Kier alpha value is -1.71. The van der Waals surface area contributed by atoms with Gasteiger partial charge in [0.15, 0.2) is 11.5 Å². The normalized spacial score (nSPS) is 15.4. The van der Waals surface area contributed by atoms with Crippen LogP contribution in [0.1, 0.15) is 19.4 Å². The second-order valence-electron chi connectivity index (χ2n) is 5.66. The highest BCUT2D eigenvalue weighted by molar-refractivity contribution is 14.1. The number of hydrogen-bond donors (Lipinski definition) is 0. The van der Waals surface area contributed by atoms with E-state index in [0.717, 1.165) is 25.8 Å². The lowest BCUT2D eigenvalue weighted by Gasteiger charge is -2.14. The van der Waals surface area contributed by atoms with Crippen molar-refractivity contribution in [1.29, 1.82) is 0 Å². The van der Waals surface area contributed by atoms with Gasteiger partial charge in [-0.25, -0.2) is 4.90 Å². The van der Waals surface area contributed by atoms with Crippen molar-refractivity contribution >= 4 is 68.9 Å². The fourth-order valence-electron chi connectivity index (χ4n) is 2.68. The largest absolute Gasteiger partial charge is 0.490 e. The smallest absolute Gasteiger partial charge is 0.298 e. The monoisotopic (exact) mass is 529 g/mol. The van der Waals surface area contributed by atoms with Crippen LogP contribution in [-0.2, 0) is 4.79 Å². The lowest BCUT2D eigenvalue weighted by atomic mass is 10.1. The summed E-state index contributed by atoms with van der Waals surface area (Å²) in [6.07, 6.45) is 1.68. The zero-order chi connectivity index (χ0) is 20.3. The van der Waals surface area contributed by atoms with Crippen LogP contribution in [0.25, 0.3) is 6.08 Å². The van der Waals surface area contributed by atoms with Crippen molar-refractivity contribution in [1.82, 2.24) is 0 Å². The van der Waals surface area contributed by atoms with Crippen molar-refractivity contribution in [2.45, 2.75) is 13.8 Å². The van der Waals surface area contributed by atoms with Crippen LogP contribution in [0, 0.1) is 3.57 Å². The second-order valence-corrected chi connectivity index (χ2v) is 8.23. The van der Waals surface area contributed by atoms with Gasteiger partial charge in [0, 0.05) is 0 Å².